The van der Waals surface area contributed by atoms with Crippen LogP contribution < -0.4 is 5.32 Å². The summed E-state index contributed by atoms with van der Waals surface area (Å²) < 4.78 is 0. The van der Waals surface area contributed by atoms with Crippen LogP contribution in [0.4, 0.5) is 10.5 Å². The Bertz CT molecular complexity index is 948. The maximum atomic E-state index is 13.6. The maximum Gasteiger partial charge on any atom is 0.407 e. The van der Waals surface area contributed by atoms with Gasteiger partial charge in [0.25, 0.3) is 0 Å². The van der Waals surface area contributed by atoms with Crippen LogP contribution >= 0.6 is 0 Å². The van der Waals surface area contributed by atoms with Gasteiger partial charge < -0.3 is 15.3 Å². The number of likely N-dealkylation sites (tertiary alicyclic amines) is 2. The second-order valence-corrected chi connectivity index (χ2v) is 8.54. The molecule has 2 saturated heterocycles. The summed E-state index contributed by atoms with van der Waals surface area (Å²) >= 11 is 0. The molecule has 5 rings (SSSR count). The van der Waals surface area contributed by atoms with Gasteiger partial charge in [-0.15, -0.1) is 0 Å². The van der Waals surface area contributed by atoms with E-state index in [-0.39, 0.29) is 23.9 Å². The molecule has 156 valence electrons. The number of hydrogen-bond donors (Lipinski definition) is 2. The molecule has 2 fully saturated rings. The molecule has 3 heterocycles. The number of nitrogens with zero attached hydrogens (tertiary/aromatic N) is 2. The minimum atomic E-state index is -0.989. The molecule has 0 unspecified atom stereocenters. The summed E-state index contributed by atoms with van der Waals surface area (Å²) in [6.45, 7) is 1.11. The molecule has 3 aliphatic heterocycles. The Labute approximate surface area is 176 Å². The Morgan fingerprint density at radius 2 is 1.67 bits per heavy atom. The van der Waals surface area contributed by atoms with Crippen molar-refractivity contribution in [3.05, 3.63) is 65.7 Å². The number of carboxylic acid groups (broad SMARTS) is 1. The van der Waals surface area contributed by atoms with Crippen LogP contribution in [0.5, 0.6) is 0 Å². The van der Waals surface area contributed by atoms with Crippen molar-refractivity contribution in [2.45, 2.75) is 43.8 Å². The Morgan fingerprint density at radius 1 is 0.900 bits per heavy atom. The van der Waals surface area contributed by atoms with Gasteiger partial charge in [-0.3, -0.25) is 9.69 Å². The van der Waals surface area contributed by atoms with Gasteiger partial charge in [-0.2, -0.15) is 0 Å². The van der Waals surface area contributed by atoms with Crippen molar-refractivity contribution in [1.29, 1.82) is 0 Å². The summed E-state index contributed by atoms with van der Waals surface area (Å²) in [7, 11) is 0. The first-order chi connectivity index (χ1) is 14.6. The first-order valence-electron chi connectivity index (χ1n) is 10.9. The van der Waals surface area contributed by atoms with Crippen LogP contribution in [-0.2, 0) is 4.79 Å². The van der Waals surface area contributed by atoms with Crippen molar-refractivity contribution in [2.24, 2.45) is 5.92 Å². The number of amides is 2. The quantitative estimate of drug-likeness (QED) is 0.782. The van der Waals surface area contributed by atoms with Crippen LogP contribution in [0, 0.1) is 5.92 Å². The highest BCUT2D eigenvalue weighted by Gasteiger charge is 2.48. The summed E-state index contributed by atoms with van der Waals surface area (Å²) in [5, 5.41) is 13.3. The van der Waals surface area contributed by atoms with E-state index in [1.54, 1.807) is 0 Å². The number of carbonyl (C=O) groups excluding carboxylic acids is 1. The lowest BCUT2D eigenvalue weighted by Gasteiger charge is -2.42. The number of nitrogens with one attached hydrogen (secondary N) is 1. The van der Waals surface area contributed by atoms with Crippen molar-refractivity contribution in [1.82, 2.24) is 9.80 Å². The fraction of sp³-hybridized carbons (Fsp3) is 0.417. The van der Waals surface area contributed by atoms with E-state index in [2.05, 4.69) is 41.7 Å². The van der Waals surface area contributed by atoms with E-state index >= 15 is 0 Å². The molecule has 4 atom stereocenters. The lowest BCUT2D eigenvalue weighted by Crippen LogP contribution is -2.53. The van der Waals surface area contributed by atoms with Gasteiger partial charge in [0.1, 0.15) is 6.04 Å². The van der Waals surface area contributed by atoms with Crippen molar-refractivity contribution in [3.63, 3.8) is 0 Å². The van der Waals surface area contributed by atoms with Gasteiger partial charge in [0.05, 0.1) is 12.1 Å². The molecule has 0 aliphatic carbocycles. The highest BCUT2D eigenvalue weighted by atomic mass is 16.4. The standard InChI is InChI=1S/C24H27N3O3/c28-23(20-12-6-7-14-26(20)24(29)30)27-15-13-18-21(16-8-2-1-3-9-16)25-19-11-5-4-10-17(19)22(18)27/h1-5,8-11,18,20-22,25H,6-7,12-15H2,(H,29,30)/t18-,20-,21-,22-/m1/s1. The highest BCUT2D eigenvalue weighted by Crippen LogP contribution is 2.51. The minimum Gasteiger partial charge on any atom is -0.465 e. The number of para-hydroxylation sites is 1. The van der Waals surface area contributed by atoms with Gasteiger partial charge in [-0.05, 0) is 42.9 Å². The Hall–Kier alpha value is -3.02. The molecule has 3 aliphatic rings. The second kappa shape index (κ2) is 7.67. The first-order valence-corrected chi connectivity index (χ1v) is 10.9. The number of benzene rings is 2. The van der Waals surface area contributed by atoms with E-state index in [0.29, 0.717) is 19.5 Å². The third-order valence-corrected chi connectivity index (χ3v) is 6.94. The van der Waals surface area contributed by atoms with E-state index < -0.39 is 12.1 Å². The number of rotatable bonds is 2. The number of hydrogen-bond acceptors (Lipinski definition) is 3. The largest absolute Gasteiger partial charge is 0.465 e. The predicted octanol–water partition coefficient (Wildman–Crippen LogP) is 4.28. The van der Waals surface area contributed by atoms with Gasteiger partial charge in [0.2, 0.25) is 5.91 Å². The first kappa shape index (κ1) is 19.0. The van der Waals surface area contributed by atoms with E-state index in [1.165, 1.54) is 10.5 Å². The molecule has 2 amide bonds. The van der Waals surface area contributed by atoms with Crippen LogP contribution in [0.15, 0.2) is 54.6 Å². The molecule has 2 aromatic carbocycles. The predicted molar refractivity (Wildman–Crippen MR) is 114 cm³/mol. The molecular weight excluding hydrogens is 378 g/mol. The number of piperidine rings is 1. The molecule has 0 radical (unpaired) electrons. The zero-order valence-corrected chi connectivity index (χ0v) is 16.9. The molecule has 30 heavy (non-hydrogen) atoms. The van der Waals surface area contributed by atoms with E-state index in [1.807, 2.05) is 23.1 Å². The van der Waals surface area contributed by atoms with Crippen molar-refractivity contribution in [3.8, 4) is 0 Å². The average molecular weight is 405 g/mol. The molecule has 0 spiro atoms. The summed E-state index contributed by atoms with van der Waals surface area (Å²) in [6.07, 6.45) is 2.24. The molecule has 6 nitrogen and oxygen atoms in total. The molecular formula is C24H27N3O3. The monoisotopic (exact) mass is 405 g/mol. The van der Waals surface area contributed by atoms with Crippen molar-refractivity contribution >= 4 is 17.7 Å². The SMILES string of the molecule is O=C(O)N1CCCC[C@@H]1C(=O)N1CC[C@@H]2[C@@H](c3ccccc3)Nc3ccccc3[C@H]21. The van der Waals surface area contributed by atoms with Gasteiger partial charge in [-0.25, -0.2) is 4.79 Å². The molecule has 6 heteroatoms. The number of fused-ring (bicyclic) bond motifs is 3. The zero-order valence-electron chi connectivity index (χ0n) is 16.9. The van der Waals surface area contributed by atoms with Crippen LogP contribution in [0.1, 0.15) is 48.9 Å². The summed E-state index contributed by atoms with van der Waals surface area (Å²) in [4.78, 5) is 28.7. The topological polar surface area (TPSA) is 72.9 Å². The molecule has 2 aromatic rings. The fourth-order valence-corrected chi connectivity index (χ4v) is 5.57. The lowest BCUT2D eigenvalue weighted by molar-refractivity contribution is -0.139. The number of anilines is 1. The van der Waals surface area contributed by atoms with Gasteiger partial charge in [0, 0.05) is 24.7 Å². The minimum absolute atomic E-state index is 0.0299. The van der Waals surface area contributed by atoms with E-state index in [9.17, 15) is 14.7 Å². The van der Waals surface area contributed by atoms with Crippen molar-refractivity contribution in [2.75, 3.05) is 18.4 Å². The fourth-order valence-electron chi connectivity index (χ4n) is 5.57. The van der Waals surface area contributed by atoms with Crippen LogP contribution in [-0.4, -0.2) is 46.0 Å². The Morgan fingerprint density at radius 3 is 2.47 bits per heavy atom. The summed E-state index contributed by atoms with van der Waals surface area (Å²) in [5.41, 5.74) is 3.42. The molecule has 0 saturated carbocycles. The lowest BCUT2D eigenvalue weighted by atomic mass is 9.80. The Kier molecular flexibility index (Phi) is 4.85. The highest BCUT2D eigenvalue weighted by molar-refractivity contribution is 5.86. The van der Waals surface area contributed by atoms with E-state index in [0.717, 1.165) is 30.5 Å². The van der Waals surface area contributed by atoms with E-state index in [4.69, 9.17) is 0 Å². The third-order valence-electron chi connectivity index (χ3n) is 6.94. The van der Waals surface area contributed by atoms with Crippen LogP contribution in [0.25, 0.3) is 0 Å². The Balaban J connectivity index is 1.51. The third kappa shape index (κ3) is 3.11. The molecule has 0 aromatic heterocycles. The molecule has 0 bridgehead atoms. The van der Waals surface area contributed by atoms with Gasteiger partial charge >= 0.3 is 6.09 Å². The van der Waals surface area contributed by atoms with Crippen LogP contribution in [0.2, 0.25) is 0 Å². The summed E-state index contributed by atoms with van der Waals surface area (Å²) in [5.74, 6) is 0.223. The van der Waals surface area contributed by atoms with Gasteiger partial charge in [-0.1, -0.05) is 48.5 Å². The number of carbonyl (C=O) groups is 2. The molecule has 2 N–H and O–H groups in total. The zero-order chi connectivity index (χ0) is 20.7. The van der Waals surface area contributed by atoms with Crippen LogP contribution in [0.3, 0.4) is 0 Å². The average Bonchev–Trinajstić information content (AvgIpc) is 3.24. The maximum absolute atomic E-state index is 13.6. The smallest absolute Gasteiger partial charge is 0.407 e. The summed E-state index contributed by atoms with van der Waals surface area (Å²) in [6, 6.07) is 18.2. The van der Waals surface area contributed by atoms with Crippen molar-refractivity contribution < 1.29 is 14.7 Å². The van der Waals surface area contributed by atoms with Gasteiger partial charge in [0.15, 0.2) is 0 Å². The normalized spacial score (nSPS) is 27.7. The second-order valence-electron chi connectivity index (χ2n) is 8.54.